The van der Waals surface area contributed by atoms with E-state index in [0.29, 0.717) is 0 Å². The second-order valence-electron chi connectivity index (χ2n) is 4.74. The molecule has 0 radical (unpaired) electrons. The van der Waals surface area contributed by atoms with Crippen LogP contribution in [0.4, 0.5) is 4.79 Å². The minimum Gasteiger partial charge on any atom is -0.273 e. The Balaban J connectivity index is 2.15. The minimum atomic E-state index is -3.90. The molecule has 4 amide bonds. The number of hydrogen-bond donors (Lipinski definition) is 1. The van der Waals surface area contributed by atoms with Gasteiger partial charge in [-0.05, 0) is 12.1 Å². The fourth-order valence-electron chi connectivity index (χ4n) is 1.89. The molecular weight excluding hydrogens is 324 g/mol. The Morgan fingerprint density at radius 1 is 1.04 bits per heavy atom. The molecule has 122 valence electrons. The predicted octanol–water partition coefficient (Wildman–Crippen LogP) is -0.383. The van der Waals surface area contributed by atoms with Gasteiger partial charge in [0.15, 0.2) is 5.92 Å². The molecule has 0 unspecified atom stereocenters. The van der Waals surface area contributed by atoms with Crippen LogP contribution in [-0.4, -0.2) is 56.4 Å². The summed E-state index contributed by atoms with van der Waals surface area (Å²) in [5, 5.41) is 3.47. The van der Waals surface area contributed by atoms with Crippen LogP contribution in [-0.2, 0) is 19.6 Å². The van der Waals surface area contributed by atoms with Crippen LogP contribution in [0, 0.1) is 5.92 Å². The van der Waals surface area contributed by atoms with E-state index in [2.05, 4.69) is 5.10 Å². The fourth-order valence-corrected chi connectivity index (χ4v) is 2.71. The molecule has 9 nitrogen and oxygen atoms in total. The molecule has 2 rings (SSSR count). The molecule has 1 N–H and O–H groups in total. The van der Waals surface area contributed by atoms with E-state index >= 15 is 0 Å². The molecule has 1 heterocycles. The Hall–Kier alpha value is -2.75. The van der Waals surface area contributed by atoms with Gasteiger partial charge in [0.2, 0.25) is 11.8 Å². The van der Waals surface area contributed by atoms with Gasteiger partial charge in [-0.25, -0.2) is 9.63 Å². The zero-order valence-corrected chi connectivity index (χ0v) is 13.1. The Morgan fingerprint density at radius 3 is 2.09 bits per heavy atom. The average molecular weight is 338 g/mol. The molecule has 10 heteroatoms. The molecule has 1 saturated heterocycles. The first kappa shape index (κ1) is 16.6. The van der Waals surface area contributed by atoms with E-state index in [1.54, 1.807) is 18.2 Å². The Kier molecular flexibility index (Phi) is 4.45. The lowest BCUT2D eigenvalue weighted by Gasteiger charge is -2.30. The first-order valence-corrected chi connectivity index (χ1v) is 7.93. The average Bonchev–Trinajstić information content (AvgIpc) is 2.55. The maximum absolute atomic E-state index is 11.9. The maximum Gasteiger partial charge on any atom is 0.332 e. The second-order valence-corrected chi connectivity index (χ2v) is 6.40. The van der Waals surface area contributed by atoms with Crippen LogP contribution in [0.5, 0.6) is 0 Å². The van der Waals surface area contributed by atoms with Crippen LogP contribution in [0.1, 0.15) is 0 Å². The third-order valence-corrected chi connectivity index (χ3v) is 4.46. The molecule has 23 heavy (non-hydrogen) atoms. The Morgan fingerprint density at radius 2 is 1.57 bits per heavy atom. The van der Waals surface area contributed by atoms with E-state index in [4.69, 9.17) is 0 Å². The summed E-state index contributed by atoms with van der Waals surface area (Å²) in [5.41, 5.74) is 0. The fraction of sp³-hybridized carbons (Fsp3) is 0.231. The number of benzene rings is 1. The van der Waals surface area contributed by atoms with Crippen molar-refractivity contribution in [3.05, 3.63) is 30.3 Å². The summed E-state index contributed by atoms with van der Waals surface area (Å²) in [6.45, 7) is 0. The van der Waals surface area contributed by atoms with E-state index in [1.165, 1.54) is 26.2 Å². The summed E-state index contributed by atoms with van der Waals surface area (Å²) >= 11 is 0. The smallest absolute Gasteiger partial charge is 0.273 e. The lowest BCUT2D eigenvalue weighted by atomic mass is 10.1. The van der Waals surface area contributed by atoms with E-state index in [0.717, 1.165) is 16.0 Å². The molecular formula is C13H14N4O5S. The predicted molar refractivity (Wildman–Crippen MR) is 79.7 cm³/mol. The van der Waals surface area contributed by atoms with Crippen molar-refractivity contribution in [2.45, 2.75) is 4.90 Å². The number of carbonyl (C=O) groups is 3. The topological polar surface area (TPSA) is 116 Å². The molecule has 0 aromatic heterocycles. The summed E-state index contributed by atoms with van der Waals surface area (Å²) < 4.78 is 23.9. The summed E-state index contributed by atoms with van der Waals surface area (Å²) in [5.74, 6) is -2.91. The van der Waals surface area contributed by atoms with Gasteiger partial charge in [0.1, 0.15) is 0 Å². The van der Waals surface area contributed by atoms with Crippen molar-refractivity contribution in [1.29, 1.82) is 0 Å². The second kappa shape index (κ2) is 6.16. The number of carbonyl (C=O) groups excluding carboxylic acids is 3. The van der Waals surface area contributed by atoms with Gasteiger partial charge in [-0.1, -0.05) is 18.2 Å². The van der Waals surface area contributed by atoms with E-state index < -0.39 is 33.8 Å². The van der Waals surface area contributed by atoms with Crippen LogP contribution in [0.15, 0.2) is 40.3 Å². The van der Waals surface area contributed by atoms with Gasteiger partial charge in [-0.2, -0.15) is 13.5 Å². The molecule has 1 aliphatic heterocycles. The van der Waals surface area contributed by atoms with Gasteiger partial charge in [-0.3, -0.25) is 19.4 Å². The molecule has 0 atom stereocenters. The van der Waals surface area contributed by atoms with Crippen molar-refractivity contribution in [3.8, 4) is 0 Å². The monoisotopic (exact) mass is 338 g/mol. The number of nitrogens with zero attached hydrogens (tertiary/aromatic N) is 3. The number of rotatable bonds is 4. The normalized spacial score (nSPS) is 17.2. The number of barbiturate groups is 1. The third kappa shape index (κ3) is 3.21. The summed E-state index contributed by atoms with van der Waals surface area (Å²) in [7, 11) is -1.45. The highest BCUT2D eigenvalue weighted by atomic mass is 32.2. The molecule has 1 fully saturated rings. The van der Waals surface area contributed by atoms with Crippen molar-refractivity contribution < 1.29 is 22.8 Å². The molecule has 1 aromatic carbocycles. The highest BCUT2D eigenvalue weighted by Crippen LogP contribution is 2.13. The number of amides is 4. The number of nitrogens with one attached hydrogen (secondary N) is 1. The third-order valence-electron chi connectivity index (χ3n) is 3.22. The highest BCUT2D eigenvalue weighted by molar-refractivity contribution is 7.89. The number of hydrazone groups is 1. The number of sulfonamides is 1. The van der Waals surface area contributed by atoms with Gasteiger partial charge in [-0.15, -0.1) is 0 Å². The molecule has 0 spiro atoms. The van der Waals surface area contributed by atoms with Gasteiger partial charge >= 0.3 is 6.03 Å². The minimum absolute atomic E-state index is 0.0112. The van der Waals surface area contributed by atoms with E-state index in [9.17, 15) is 22.8 Å². The zero-order chi connectivity index (χ0) is 17.2. The molecule has 0 bridgehead atoms. The lowest BCUT2D eigenvalue weighted by molar-refractivity contribution is -0.144. The van der Waals surface area contributed by atoms with E-state index in [1.807, 2.05) is 4.83 Å². The van der Waals surface area contributed by atoms with Crippen LogP contribution in [0.2, 0.25) is 0 Å². The lowest BCUT2D eigenvalue weighted by Crippen LogP contribution is -2.57. The van der Waals surface area contributed by atoms with Crippen LogP contribution < -0.4 is 4.83 Å². The van der Waals surface area contributed by atoms with Crippen LogP contribution in [0.25, 0.3) is 0 Å². The SMILES string of the molecule is CN1C(=O)C(/C=N/NS(=O)(=O)c2ccccc2)C(=O)N(C)C1=O. The molecule has 0 saturated carbocycles. The highest BCUT2D eigenvalue weighted by Gasteiger charge is 2.41. The molecule has 0 aliphatic carbocycles. The van der Waals surface area contributed by atoms with Crippen molar-refractivity contribution >= 4 is 34.1 Å². The van der Waals surface area contributed by atoms with Gasteiger partial charge in [0.25, 0.3) is 10.0 Å². The van der Waals surface area contributed by atoms with Gasteiger partial charge < -0.3 is 0 Å². The van der Waals surface area contributed by atoms with E-state index in [-0.39, 0.29) is 4.90 Å². The zero-order valence-electron chi connectivity index (χ0n) is 12.3. The quantitative estimate of drug-likeness (QED) is 0.456. The van der Waals surface area contributed by atoms with Crippen LogP contribution in [0.3, 0.4) is 0 Å². The number of urea groups is 1. The summed E-state index contributed by atoms with van der Waals surface area (Å²) in [4.78, 5) is 38.8. The number of hydrogen-bond acceptors (Lipinski definition) is 6. The summed E-state index contributed by atoms with van der Waals surface area (Å²) in [6, 6.07) is 6.73. The van der Waals surface area contributed by atoms with Crippen molar-refractivity contribution in [1.82, 2.24) is 14.6 Å². The molecule has 1 aliphatic rings. The summed E-state index contributed by atoms with van der Waals surface area (Å²) in [6.07, 6.45) is 0.866. The first-order valence-electron chi connectivity index (χ1n) is 6.45. The van der Waals surface area contributed by atoms with Gasteiger partial charge in [0, 0.05) is 20.3 Å². The van der Waals surface area contributed by atoms with Gasteiger partial charge in [0.05, 0.1) is 4.90 Å². The Bertz CT molecular complexity index is 751. The Labute approximate surface area is 132 Å². The largest absolute Gasteiger partial charge is 0.332 e. The first-order chi connectivity index (χ1) is 10.8. The molecule has 1 aromatic rings. The maximum atomic E-state index is 11.9. The van der Waals surface area contributed by atoms with Crippen molar-refractivity contribution in [2.75, 3.05) is 14.1 Å². The standard InChI is InChI=1S/C13H14N4O5S/c1-16-11(18)10(12(19)17(2)13(16)20)8-14-15-23(21,22)9-6-4-3-5-7-9/h3-8,10,15H,1-2H3/b14-8+. The van der Waals surface area contributed by atoms with Crippen LogP contribution >= 0.6 is 0 Å². The van der Waals surface area contributed by atoms with Crippen molar-refractivity contribution in [2.24, 2.45) is 11.0 Å². The van der Waals surface area contributed by atoms with Crippen molar-refractivity contribution in [3.63, 3.8) is 0 Å². The number of imide groups is 2.